The average Bonchev–Trinajstić information content (AvgIpc) is 3.07. The molecule has 148 valence electrons. The number of anilines is 1. The van der Waals surface area contributed by atoms with Crippen molar-refractivity contribution in [2.24, 2.45) is 5.92 Å². The number of carbonyl (C=O) groups is 1. The molecule has 0 fully saturated rings. The van der Waals surface area contributed by atoms with Gasteiger partial charge in [0.2, 0.25) is 5.91 Å². The summed E-state index contributed by atoms with van der Waals surface area (Å²) in [5.74, 6) is -0.320. The van der Waals surface area contributed by atoms with E-state index in [9.17, 15) is 4.79 Å². The van der Waals surface area contributed by atoms with Crippen LogP contribution in [0.4, 0.5) is 5.69 Å². The number of halogens is 1. The van der Waals surface area contributed by atoms with Crippen molar-refractivity contribution < 1.29 is 4.79 Å². The quantitative estimate of drug-likeness (QED) is 0.672. The second-order valence-corrected chi connectivity index (χ2v) is 7.62. The van der Waals surface area contributed by atoms with Crippen LogP contribution in [0.1, 0.15) is 35.3 Å². The van der Waals surface area contributed by atoms with Gasteiger partial charge in [-0.15, -0.1) is 0 Å². The molecule has 1 N–H and O–H groups in total. The number of nitrogens with one attached hydrogen (secondary N) is 1. The first-order valence-corrected chi connectivity index (χ1v) is 9.74. The van der Waals surface area contributed by atoms with Crippen LogP contribution in [0.2, 0.25) is 5.02 Å². The van der Waals surface area contributed by atoms with Gasteiger partial charge in [0, 0.05) is 0 Å². The minimum atomic E-state index is -0.259. The molecule has 2 aromatic heterocycles. The standard InChI is InChI=1S/C21H26ClN5O/c1-13(11-26-16(4)19(22)14(2)24-26)21(28)23-20-15(3)25-27(17(20)5)12-18-9-7-6-8-10-18/h6-10,13H,11-12H2,1-5H3,(H,23,28). The van der Waals surface area contributed by atoms with Crippen LogP contribution in [0.3, 0.4) is 0 Å². The van der Waals surface area contributed by atoms with Gasteiger partial charge in [0.15, 0.2) is 0 Å². The van der Waals surface area contributed by atoms with E-state index < -0.39 is 0 Å². The van der Waals surface area contributed by atoms with Crippen molar-refractivity contribution in [2.75, 3.05) is 5.32 Å². The molecule has 3 aromatic rings. The molecule has 1 atom stereocenters. The van der Waals surface area contributed by atoms with Crippen molar-refractivity contribution in [2.45, 2.75) is 47.7 Å². The monoisotopic (exact) mass is 399 g/mol. The van der Waals surface area contributed by atoms with Crippen LogP contribution in [0.5, 0.6) is 0 Å². The molecule has 3 rings (SSSR count). The Morgan fingerprint density at radius 1 is 1.04 bits per heavy atom. The highest BCUT2D eigenvalue weighted by molar-refractivity contribution is 6.31. The van der Waals surface area contributed by atoms with E-state index in [2.05, 4.69) is 27.6 Å². The number of carbonyl (C=O) groups excluding carboxylic acids is 1. The summed E-state index contributed by atoms with van der Waals surface area (Å²) in [6, 6.07) is 10.1. The molecule has 2 heterocycles. The van der Waals surface area contributed by atoms with Crippen molar-refractivity contribution in [3.8, 4) is 0 Å². The van der Waals surface area contributed by atoms with Crippen molar-refractivity contribution in [1.82, 2.24) is 19.6 Å². The first-order chi connectivity index (χ1) is 13.3. The van der Waals surface area contributed by atoms with Crippen molar-refractivity contribution in [3.05, 3.63) is 63.7 Å². The summed E-state index contributed by atoms with van der Waals surface area (Å²) in [6.07, 6.45) is 0. The van der Waals surface area contributed by atoms with Crippen molar-refractivity contribution in [1.29, 1.82) is 0 Å². The van der Waals surface area contributed by atoms with Gasteiger partial charge in [-0.1, -0.05) is 48.9 Å². The summed E-state index contributed by atoms with van der Waals surface area (Å²) in [5.41, 5.74) is 5.35. The van der Waals surface area contributed by atoms with E-state index in [-0.39, 0.29) is 11.8 Å². The van der Waals surface area contributed by atoms with Crippen LogP contribution >= 0.6 is 11.6 Å². The molecule has 0 saturated heterocycles. The van der Waals surface area contributed by atoms with E-state index in [1.54, 1.807) is 4.68 Å². The first-order valence-electron chi connectivity index (χ1n) is 9.36. The van der Waals surface area contributed by atoms with Crippen LogP contribution in [0.25, 0.3) is 0 Å². The molecule has 0 aliphatic carbocycles. The molecule has 6 nitrogen and oxygen atoms in total. The van der Waals surface area contributed by atoms with Crippen LogP contribution in [0.15, 0.2) is 30.3 Å². The minimum Gasteiger partial charge on any atom is -0.323 e. The number of aromatic nitrogens is 4. The lowest BCUT2D eigenvalue weighted by Crippen LogP contribution is -2.25. The Bertz CT molecular complexity index is 990. The van der Waals surface area contributed by atoms with Gasteiger partial charge in [-0.05, 0) is 33.3 Å². The van der Waals surface area contributed by atoms with Gasteiger partial charge in [0.05, 0.1) is 52.5 Å². The number of aryl methyl sites for hydroxylation is 2. The molecule has 7 heteroatoms. The second kappa shape index (κ2) is 8.19. The third-order valence-corrected chi connectivity index (χ3v) is 5.54. The maximum absolute atomic E-state index is 12.8. The minimum absolute atomic E-state index is 0.0610. The van der Waals surface area contributed by atoms with Crippen molar-refractivity contribution >= 4 is 23.2 Å². The average molecular weight is 400 g/mol. The van der Waals surface area contributed by atoms with Crippen LogP contribution in [-0.2, 0) is 17.9 Å². The summed E-state index contributed by atoms with van der Waals surface area (Å²) in [6.45, 7) is 10.7. The van der Waals surface area contributed by atoms with Gasteiger partial charge in [-0.3, -0.25) is 14.2 Å². The third kappa shape index (κ3) is 4.12. The maximum Gasteiger partial charge on any atom is 0.229 e. The summed E-state index contributed by atoms with van der Waals surface area (Å²) in [4.78, 5) is 12.8. The predicted molar refractivity (Wildman–Crippen MR) is 112 cm³/mol. The smallest absolute Gasteiger partial charge is 0.229 e. The molecule has 0 bridgehead atoms. The number of rotatable bonds is 6. The highest BCUT2D eigenvalue weighted by Crippen LogP contribution is 2.23. The summed E-state index contributed by atoms with van der Waals surface area (Å²) in [7, 11) is 0. The summed E-state index contributed by atoms with van der Waals surface area (Å²) in [5, 5.41) is 12.7. The zero-order valence-electron chi connectivity index (χ0n) is 17.0. The fourth-order valence-corrected chi connectivity index (χ4v) is 3.37. The normalized spacial score (nSPS) is 12.2. The van der Waals surface area contributed by atoms with E-state index in [0.717, 1.165) is 28.5 Å². The van der Waals surface area contributed by atoms with Gasteiger partial charge in [0.1, 0.15) is 0 Å². The van der Waals surface area contributed by atoms with Gasteiger partial charge in [-0.2, -0.15) is 10.2 Å². The molecule has 0 radical (unpaired) electrons. The molecule has 0 aliphatic rings. The summed E-state index contributed by atoms with van der Waals surface area (Å²) >= 11 is 6.21. The Hall–Kier alpha value is -2.60. The Morgan fingerprint density at radius 2 is 1.68 bits per heavy atom. The van der Waals surface area contributed by atoms with Gasteiger partial charge in [0.25, 0.3) is 0 Å². The lowest BCUT2D eigenvalue weighted by atomic mass is 10.1. The zero-order chi connectivity index (χ0) is 20.4. The molecule has 0 saturated carbocycles. The zero-order valence-corrected chi connectivity index (χ0v) is 17.7. The Balaban J connectivity index is 1.72. The topological polar surface area (TPSA) is 64.7 Å². The fraction of sp³-hybridized carbons (Fsp3) is 0.381. The molecule has 0 aliphatic heterocycles. The SMILES string of the molecule is Cc1nn(CC(C)C(=O)Nc2c(C)nn(Cc3ccccc3)c2C)c(C)c1Cl. The van der Waals surface area contributed by atoms with E-state index in [1.807, 2.05) is 57.5 Å². The predicted octanol–water partition coefficient (Wildman–Crippen LogP) is 4.29. The van der Waals surface area contributed by atoms with E-state index in [0.29, 0.717) is 18.1 Å². The number of nitrogens with zero attached hydrogens (tertiary/aromatic N) is 4. The van der Waals surface area contributed by atoms with Crippen LogP contribution in [-0.4, -0.2) is 25.5 Å². The number of benzene rings is 1. The van der Waals surface area contributed by atoms with E-state index in [1.165, 1.54) is 5.56 Å². The molecule has 0 spiro atoms. The number of hydrogen-bond acceptors (Lipinski definition) is 3. The Labute approximate surface area is 170 Å². The lowest BCUT2D eigenvalue weighted by molar-refractivity contribution is -0.119. The fourth-order valence-electron chi connectivity index (χ4n) is 3.23. The second-order valence-electron chi connectivity index (χ2n) is 7.25. The maximum atomic E-state index is 12.8. The van der Waals surface area contributed by atoms with E-state index in [4.69, 9.17) is 11.6 Å². The first kappa shape index (κ1) is 20.1. The van der Waals surface area contributed by atoms with Crippen LogP contribution in [0, 0.1) is 33.6 Å². The van der Waals surface area contributed by atoms with Gasteiger partial charge < -0.3 is 5.32 Å². The Kier molecular flexibility index (Phi) is 5.89. The molecular formula is C21H26ClN5O. The largest absolute Gasteiger partial charge is 0.323 e. The van der Waals surface area contributed by atoms with Gasteiger partial charge >= 0.3 is 0 Å². The summed E-state index contributed by atoms with van der Waals surface area (Å²) < 4.78 is 3.71. The lowest BCUT2D eigenvalue weighted by Gasteiger charge is -2.14. The van der Waals surface area contributed by atoms with Gasteiger partial charge in [-0.25, -0.2) is 0 Å². The highest BCUT2D eigenvalue weighted by Gasteiger charge is 2.20. The molecular weight excluding hydrogens is 374 g/mol. The number of amides is 1. The molecule has 28 heavy (non-hydrogen) atoms. The Morgan fingerprint density at radius 3 is 2.29 bits per heavy atom. The third-order valence-electron chi connectivity index (χ3n) is 4.99. The van der Waals surface area contributed by atoms with E-state index >= 15 is 0 Å². The van der Waals surface area contributed by atoms with Crippen molar-refractivity contribution in [3.63, 3.8) is 0 Å². The molecule has 1 unspecified atom stereocenters. The molecule has 1 amide bonds. The van der Waals surface area contributed by atoms with Crippen LogP contribution < -0.4 is 5.32 Å². The molecule has 1 aromatic carbocycles. The highest BCUT2D eigenvalue weighted by atomic mass is 35.5. The number of hydrogen-bond donors (Lipinski definition) is 1.